The number of carbonyl (C=O) groups is 1. The summed E-state index contributed by atoms with van der Waals surface area (Å²) in [4.78, 5) is 23.9. The van der Waals surface area contributed by atoms with Gasteiger partial charge in [0.05, 0.1) is 17.4 Å². The summed E-state index contributed by atoms with van der Waals surface area (Å²) in [6, 6.07) is 16.1. The van der Waals surface area contributed by atoms with Crippen LogP contribution < -0.4 is 10.9 Å². The number of hydrogen-bond acceptors (Lipinski definition) is 5. The van der Waals surface area contributed by atoms with Gasteiger partial charge in [0.1, 0.15) is 5.58 Å². The van der Waals surface area contributed by atoms with Crippen LogP contribution in [0.4, 0.5) is 5.69 Å². The topological polar surface area (TPSA) is 83.1 Å². The number of nitrogens with zero attached hydrogens (tertiary/aromatic N) is 1. The van der Waals surface area contributed by atoms with Crippen LogP contribution in [0.1, 0.15) is 23.6 Å². The summed E-state index contributed by atoms with van der Waals surface area (Å²) in [5.41, 5.74) is 3.37. The van der Waals surface area contributed by atoms with Crippen molar-refractivity contribution in [2.75, 3.05) is 11.1 Å². The van der Waals surface area contributed by atoms with Gasteiger partial charge in [-0.1, -0.05) is 19.1 Å². The first-order valence-corrected chi connectivity index (χ1v) is 9.68. The number of fused-ring (bicyclic) bond motifs is 1. The second-order valence-corrected chi connectivity index (χ2v) is 6.99. The van der Waals surface area contributed by atoms with Crippen molar-refractivity contribution in [3.8, 4) is 6.07 Å². The maximum Gasteiger partial charge on any atom is 0.336 e. The quantitative estimate of drug-likeness (QED) is 0.653. The molecule has 0 aliphatic rings. The third kappa shape index (κ3) is 4.78. The Morgan fingerprint density at radius 3 is 2.67 bits per heavy atom. The molecular formula is C21H18N2O3S. The largest absolute Gasteiger partial charge is 0.423 e. The number of amides is 1. The fraction of sp³-hybridized carbons (Fsp3) is 0.190. The Labute approximate surface area is 161 Å². The summed E-state index contributed by atoms with van der Waals surface area (Å²) >= 11 is 1.43. The summed E-state index contributed by atoms with van der Waals surface area (Å²) in [5, 5.41) is 12.5. The third-order valence-corrected chi connectivity index (χ3v) is 5.07. The van der Waals surface area contributed by atoms with Crippen LogP contribution in [-0.2, 0) is 17.0 Å². The van der Waals surface area contributed by atoms with Crippen LogP contribution in [0.2, 0.25) is 0 Å². The molecule has 5 nitrogen and oxygen atoms in total. The molecule has 0 fully saturated rings. The minimum atomic E-state index is -0.381. The summed E-state index contributed by atoms with van der Waals surface area (Å²) in [5.74, 6) is 0.661. The molecule has 0 bridgehead atoms. The van der Waals surface area contributed by atoms with Crippen LogP contribution in [0.15, 0.2) is 57.7 Å². The lowest BCUT2D eigenvalue weighted by Gasteiger charge is -2.07. The molecule has 27 heavy (non-hydrogen) atoms. The Morgan fingerprint density at radius 2 is 1.96 bits per heavy atom. The fourth-order valence-corrected chi connectivity index (χ4v) is 3.51. The van der Waals surface area contributed by atoms with Crippen LogP contribution in [0.3, 0.4) is 0 Å². The van der Waals surface area contributed by atoms with E-state index in [0.29, 0.717) is 22.6 Å². The number of anilines is 1. The van der Waals surface area contributed by atoms with E-state index >= 15 is 0 Å². The monoisotopic (exact) mass is 378 g/mol. The summed E-state index contributed by atoms with van der Waals surface area (Å²) < 4.78 is 5.30. The highest BCUT2D eigenvalue weighted by atomic mass is 32.2. The molecule has 0 unspecified atom stereocenters. The first kappa shape index (κ1) is 18.7. The zero-order valence-corrected chi connectivity index (χ0v) is 15.6. The van der Waals surface area contributed by atoms with Gasteiger partial charge in [-0.3, -0.25) is 4.79 Å². The Kier molecular flexibility index (Phi) is 5.94. The van der Waals surface area contributed by atoms with Crippen molar-refractivity contribution in [2.45, 2.75) is 19.1 Å². The molecule has 0 aliphatic carbocycles. The summed E-state index contributed by atoms with van der Waals surface area (Å²) in [7, 11) is 0. The number of benzene rings is 2. The van der Waals surface area contributed by atoms with E-state index in [1.165, 1.54) is 17.8 Å². The van der Waals surface area contributed by atoms with Gasteiger partial charge in [-0.15, -0.1) is 11.8 Å². The van der Waals surface area contributed by atoms with Crippen molar-refractivity contribution in [3.05, 3.63) is 75.6 Å². The summed E-state index contributed by atoms with van der Waals surface area (Å²) in [6.45, 7) is 2.05. The molecule has 0 saturated heterocycles. The van der Waals surface area contributed by atoms with E-state index < -0.39 is 0 Å². The second kappa shape index (κ2) is 8.56. The number of rotatable bonds is 6. The van der Waals surface area contributed by atoms with Gasteiger partial charge in [0.15, 0.2) is 0 Å². The molecule has 136 valence electrons. The number of hydrogen-bond donors (Lipinski definition) is 1. The van der Waals surface area contributed by atoms with Crippen molar-refractivity contribution in [3.63, 3.8) is 0 Å². The summed E-state index contributed by atoms with van der Waals surface area (Å²) in [6.07, 6.45) is 0.869. The van der Waals surface area contributed by atoms with E-state index in [9.17, 15) is 9.59 Å². The molecule has 1 aromatic heterocycles. The van der Waals surface area contributed by atoms with Gasteiger partial charge >= 0.3 is 5.63 Å². The highest BCUT2D eigenvalue weighted by molar-refractivity contribution is 7.99. The molecular weight excluding hydrogens is 360 g/mol. The minimum absolute atomic E-state index is 0.134. The van der Waals surface area contributed by atoms with Crippen LogP contribution in [0.5, 0.6) is 0 Å². The van der Waals surface area contributed by atoms with Crippen LogP contribution in [0, 0.1) is 11.3 Å². The Bertz CT molecular complexity index is 1070. The Hall–Kier alpha value is -3.04. The fourth-order valence-electron chi connectivity index (χ4n) is 2.69. The number of nitrogens with one attached hydrogen (secondary N) is 1. The lowest BCUT2D eigenvalue weighted by atomic mass is 10.1. The molecule has 1 amide bonds. The van der Waals surface area contributed by atoms with Crippen LogP contribution >= 0.6 is 11.8 Å². The Balaban J connectivity index is 1.63. The molecule has 0 spiro atoms. The molecule has 0 aliphatic heterocycles. The van der Waals surface area contributed by atoms with Gasteiger partial charge in [0.25, 0.3) is 0 Å². The molecule has 3 aromatic rings. The van der Waals surface area contributed by atoms with E-state index in [1.54, 1.807) is 24.3 Å². The van der Waals surface area contributed by atoms with Crippen molar-refractivity contribution in [1.82, 2.24) is 0 Å². The molecule has 1 heterocycles. The van der Waals surface area contributed by atoms with Crippen molar-refractivity contribution < 1.29 is 9.21 Å². The maximum atomic E-state index is 12.1. The standard InChI is InChI=1S/C21H18N2O3S/c1-2-14-5-8-18-16(10-21(25)26-19(18)9-14)12-27-13-20(24)23-17-6-3-15(11-22)4-7-17/h3-10H,2,12-13H2,1H3,(H,23,24). The van der Waals surface area contributed by atoms with E-state index in [4.69, 9.17) is 9.68 Å². The number of carbonyl (C=O) groups excluding carboxylic acids is 1. The molecule has 0 saturated carbocycles. The predicted molar refractivity (Wildman–Crippen MR) is 108 cm³/mol. The average molecular weight is 378 g/mol. The first-order valence-electron chi connectivity index (χ1n) is 8.52. The predicted octanol–water partition coefficient (Wildman–Crippen LogP) is 4.10. The Morgan fingerprint density at radius 1 is 1.19 bits per heavy atom. The van der Waals surface area contributed by atoms with Gasteiger partial charge in [-0.05, 0) is 47.9 Å². The molecule has 0 atom stereocenters. The third-order valence-electron chi connectivity index (χ3n) is 4.09. The normalized spacial score (nSPS) is 10.5. The molecule has 6 heteroatoms. The van der Waals surface area contributed by atoms with Crippen molar-refractivity contribution >= 4 is 34.3 Å². The number of aryl methyl sites for hydroxylation is 1. The highest BCUT2D eigenvalue weighted by Crippen LogP contribution is 2.23. The average Bonchev–Trinajstić information content (AvgIpc) is 2.67. The first-order chi connectivity index (χ1) is 13.1. The molecule has 0 radical (unpaired) electrons. The number of nitriles is 1. The maximum absolute atomic E-state index is 12.1. The SMILES string of the molecule is CCc1ccc2c(CSCC(=O)Nc3ccc(C#N)cc3)cc(=O)oc2c1. The molecule has 3 rings (SSSR count). The van der Waals surface area contributed by atoms with Crippen molar-refractivity contribution in [1.29, 1.82) is 5.26 Å². The lowest BCUT2D eigenvalue weighted by molar-refractivity contribution is -0.113. The lowest BCUT2D eigenvalue weighted by Crippen LogP contribution is -2.14. The van der Waals surface area contributed by atoms with Crippen molar-refractivity contribution in [2.24, 2.45) is 0 Å². The highest BCUT2D eigenvalue weighted by Gasteiger charge is 2.08. The molecule has 2 aromatic carbocycles. The van der Waals surface area contributed by atoms with Gasteiger partial charge in [-0.2, -0.15) is 5.26 Å². The van der Waals surface area contributed by atoms with E-state index in [1.807, 2.05) is 31.2 Å². The van der Waals surface area contributed by atoms with Crippen LogP contribution in [-0.4, -0.2) is 11.7 Å². The smallest absolute Gasteiger partial charge is 0.336 e. The van der Waals surface area contributed by atoms with Gasteiger partial charge in [0.2, 0.25) is 5.91 Å². The minimum Gasteiger partial charge on any atom is -0.423 e. The van der Waals surface area contributed by atoms with E-state index in [-0.39, 0.29) is 17.3 Å². The second-order valence-electron chi connectivity index (χ2n) is 6.00. The zero-order chi connectivity index (χ0) is 19.2. The van der Waals surface area contributed by atoms with Crippen LogP contribution in [0.25, 0.3) is 11.0 Å². The number of thioether (sulfide) groups is 1. The van der Waals surface area contributed by atoms with Gasteiger partial charge in [-0.25, -0.2) is 4.79 Å². The zero-order valence-electron chi connectivity index (χ0n) is 14.8. The van der Waals surface area contributed by atoms with Gasteiger partial charge < -0.3 is 9.73 Å². The van der Waals surface area contributed by atoms with Gasteiger partial charge in [0, 0.05) is 22.9 Å². The molecule has 1 N–H and O–H groups in total. The van der Waals surface area contributed by atoms with E-state index in [0.717, 1.165) is 22.9 Å². The van der Waals surface area contributed by atoms with E-state index in [2.05, 4.69) is 5.32 Å².